The summed E-state index contributed by atoms with van der Waals surface area (Å²) in [6.07, 6.45) is 3.08. The summed E-state index contributed by atoms with van der Waals surface area (Å²) in [5.74, 6) is 0. The molecule has 2 aromatic rings. The Morgan fingerprint density at radius 1 is 1.18 bits per heavy atom. The van der Waals surface area contributed by atoms with Gasteiger partial charge in [0.2, 0.25) is 0 Å². The molecular weight excluding hydrogens is 296 g/mol. The number of benzene rings is 1. The average Bonchev–Trinajstić information content (AvgIpc) is 3.12. The van der Waals surface area contributed by atoms with Crippen molar-refractivity contribution in [1.82, 2.24) is 20.4 Å². The van der Waals surface area contributed by atoms with Crippen molar-refractivity contribution in [3.63, 3.8) is 0 Å². The highest BCUT2D eigenvalue weighted by atomic mass is 35.5. The zero-order valence-electron chi connectivity index (χ0n) is 13.1. The van der Waals surface area contributed by atoms with Gasteiger partial charge in [-0.2, -0.15) is 5.10 Å². The monoisotopic (exact) mass is 320 g/mol. The van der Waals surface area contributed by atoms with Gasteiger partial charge in [0.1, 0.15) is 0 Å². The number of hydrogen-bond acceptors (Lipinski definition) is 3. The van der Waals surface area contributed by atoms with E-state index >= 15 is 0 Å². The predicted octanol–water partition coefficient (Wildman–Crippen LogP) is 2.83. The van der Waals surface area contributed by atoms with Crippen LogP contribution < -0.4 is 5.32 Å². The Kier molecular flexibility index (Phi) is 6.00. The van der Waals surface area contributed by atoms with Gasteiger partial charge in [-0.3, -0.25) is 10.00 Å². The molecule has 1 saturated heterocycles. The van der Waals surface area contributed by atoms with Crippen LogP contribution in [0.15, 0.2) is 42.6 Å². The summed E-state index contributed by atoms with van der Waals surface area (Å²) < 4.78 is 0. The van der Waals surface area contributed by atoms with Gasteiger partial charge in [0.25, 0.3) is 0 Å². The number of hydrogen-bond donors (Lipinski definition) is 2. The van der Waals surface area contributed by atoms with Gasteiger partial charge in [0, 0.05) is 38.1 Å². The van der Waals surface area contributed by atoms with Gasteiger partial charge in [-0.05, 0) is 30.0 Å². The van der Waals surface area contributed by atoms with E-state index in [-0.39, 0.29) is 12.4 Å². The van der Waals surface area contributed by atoms with Gasteiger partial charge in [-0.15, -0.1) is 12.4 Å². The Hall–Kier alpha value is -1.36. The normalized spacial score (nSPS) is 21.0. The van der Waals surface area contributed by atoms with Gasteiger partial charge in [0.15, 0.2) is 0 Å². The van der Waals surface area contributed by atoms with Crippen LogP contribution in [0.2, 0.25) is 0 Å². The molecule has 0 bridgehead atoms. The summed E-state index contributed by atoms with van der Waals surface area (Å²) in [6.45, 7) is 7.65. The topological polar surface area (TPSA) is 44.0 Å². The highest BCUT2D eigenvalue weighted by Gasteiger charge is 2.30. The Labute approximate surface area is 138 Å². The van der Waals surface area contributed by atoms with Crippen molar-refractivity contribution in [1.29, 1.82) is 0 Å². The lowest BCUT2D eigenvalue weighted by atomic mass is 9.89. The molecule has 0 saturated carbocycles. The SMILES string of the molecule is CC1(CN(Cc2ccccc2)Cc2ccn[nH]2)CCNC1.Cl. The molecule has 1 aromatic heterocycles. The van der Waals surface area contributed by atoms with Crippen LogP contribution in [0.3, 0.4) is 0 Å². The quantitative estimate of drug-likeness (QED) is 0.860. The van der Waals surface area contributed by atoms with Gasteiger partial charge < -0.3 is 5.32 Å². The standard InChI is InChI=1S/C17H24N4.ClH/c1-17(8-10-18-13-17)14-21(12-16-7-9-19-20-16)11-15-5-3-2-4-6-15;/h2-7,9,18H,8,10-14H2,1H3,(H,19,20);1H. The fourth-order valence-corrected chi connectivity index (χ4v) is 3.17. The van der Waals surface area contributed by atoms with E-state index in [1.807, 2.05) is 6.20 Å². The molecule has 2 heterocycles. The fraction of sp³-hybridized carbons (Fsp3) is 0.471. The van der Waals surface area contributed by atoms with Crippen LogP contribution in [0.4, 0.5) is 0 Å². The van der Waals surface area contributed by atoms with Crippen LogP contribution in [0.1, 0.15) is 24.6 Å². The number of rotatable bonds is 6. The molecule has 1 unspecified atom stereocenters. The summed E-state index contributed by atoms with van der Waals surface area (Å²) in [5, 5.41) is 10.6. The first kappa shape index (κ1) is 17.0. The summed E-state index contributed by atoms with van der Waals surface area (Å²) >= 11 is 0. The third-order valence-electron chi connectivity index (χ3n) is 4.26. The van der Waals surface area contributed by atoms with Crippen LogP contribution in [-0.2, 0) is 13.1 Å². The molecule has 0 aliphatic carbocycles. The van der Waals surface area contributed by atoms with Crippen molar-refractivity contribution < 1.29 is 0 Å². The van der Waals surface area contributed by atoms with Gasteiger partial charge in [-0.25, -0.2) is 0 Å². The lowest BCUT2D eigenvalue weighted by Gasteiger charge is -2.31. The third-order valence-corrected chi connectivity index (χ3v) is 4.26. The van der Waals surface area contributed by atoms with Crippen LogP contribution >= 0.6 is 12.4 Å². The molecule has 1 aliphatic heterocycles. The molecule has 0 amide bonds. The molecule has 1 atom stereocenters. The minimum Gasteiger partial charge on any atom is -0.316 e. The highest BCUT2D eigenvalue weighted by Crippen LogP contribution is 2.27. The Balaban J connectivity index is 0.00000176. The van der Waals surface area contributed by atoms with Crippen molar-refractivity contribution in [3.8, 4) is 0 Å². The predicted molar refractivity (Wildman–Crippen MR) is 92.0 cm³/mol. The maximum absolute atomic E-state index is 4.07. The average molecular weight is 321 g/mol. The second-order valence-corrected chi connectivity index (χ2v) is 6.45. The van der Waals surface area contributed by atoms with Crippen LogP contribution in [0.5, 0.6) is 0 Å². The number of nitrogens with zero attached hydrogens (tertiary/aromatic N) is 2. The van der Waals surface area contributed by atoms with Crippen molar-refractivity contribution >= 4 is 12.4 Å². The molecule has 0 spiro atoms. The summed E-state index contributed by atoms with van der Waals surface area (Å²) in [4.78, 5) is 2.52. The van der Waals surface area contributed by atoms with E-state index in [1.165, 1.54) is 17.7 Å². The molecular formula is C17H25ClN4. The van der Waals surface area contributed by atoms with E-state index in [0.717, 1.165) is 32.7 Å². The fourth-order valence-electron chi connectivity index (χ4n) is 3.17. The smallest absolute Gasteiger partial charge is 0.0492 e. The number of nitrogens with one attached hydrogen (secondary N) is 2. The second-order valence-electron chi connectivity index (χ2n) is 6.45. The van der Waals surface area contributed by atoms with E-state index < -0.39 is 0 Å². The molecule has 5 heteroatoms. The molecule has 22 heavy (non-hydrogen) atoms. The van der Waals surface area contributed by atoms with Crippen molar-refractivity contribution in [2.24, 2.45) is 5.41 Å². The summed E-state index contributed by atoms with van der Waals surface area (Å²) in [5.41, 5.74) is 2.92. The molecule has 1 aliphatic rings. The van der Waals surface area contributed by atoms with Crippen molar-refractivity contribution in [2.45, 2.75) is 26.4 Å². The minimum atomic E-state index is 0. The van der Waals surface area contributed by atoms with E-state index in [4.69, 9.17) is 0 Å². The molecule has 2 N–H and O–H groups in total. The van der Waals surface area contributed by atoms with Crippen LogP contribution in [0.25, 0.3) is 0 Å². The molecule has 3 rings (SSSR count). The molecule has 1 aromatic carbocycles. The summed E-state index contributed by atoms with van der Waals surface area (Å²) in [6, 6.07) is 12.8. The van der Waals surface area contributed by atoms with Crippen LogP contribution in [0, 0.1) is 5.41 Å². The number of halogens is 1. The maximum Gasteiger partial charge on any atom is 0.0492 e. The number of aromatic nitrogens is 2. The summed E-state index contributed by atoms with van der Waals surface area (Å²) in [7, 11) is 0. The zero-order valence-corrected chi connectivity index (χ0v) is 13.9. The van der Waals surface area contributed by atoms with Gasteiger partial charge in [-0.1, -0.05) is 37.3 Å². The van der Waals surface area contributed by atoms with Crippen molar-refractivity contribution in [2.75, 3.05) is 19.6 Å². The van der Waals surface area contributed by atoms with Gasteiger partial charge >= 0.3 is 0 Å². The Bertz CT molecular complexity index is 535. The molecule has 120 valence electrons. The first-order valence-corrected chi connectivity index (χ1v) is 7.69. The number of aromatic amines is 1. The zero-order chi connectivity index (χ0) is 14.5. The third kappa shape index (κ3) is 4.57. The largest absolute Gasteiger partial charge is 0.316 e. The molecule has 0 radical (unpaired) electrons. The van der Waals surface area contributed by atoms with Crippen molar-refractivity contribution in [3.05, 3.63) is 53.9 Å². The molecule has 4 nitrogen and oxygen atoms in total. The van der Waals surface area contributed by atoms with E-state index in [0.29, 0.717) is 5.41 Å². The lowest BCUT2D eigenvalue weighted by molar-refractivity contribution is 0.162. The van der Waals surface area contributed by atoms with E-state index in [9.17, 15) is 0 Å². The van der Waals surface area contributed by atoms with E-state index in [1.54, 1.807) is 0 Å². The van der Waals surface area contributed by atoms with Gasteiger partial charge in [0.05, 0.1) is 0 Å². The maximum atomic E-state index is 4.07. The van der Waals surface area contributed by atoms with E-state index in [2.05, 4.69) is 63.7 Å². The second kappa shape index (κ2) is 7.77. The number of H-pyrrole nitrogens is 1. The van der Waals surface area contributed by atoms with Crippen LogP contribution in [-0.4, -0.2) is 34.7 Å². The first-order valence-electron chi connectivity index (χ1n) is 7.69. The Morgan fingerprint density at radius 3 is 2.64 bits per heavy atom. The highest BCUT2D eigenvalue weighted by molar-refractivity contribution is 5.85. The minimum absolute atomic E-state index is 0. The first-order chi connectivity index (χ1) is 10.2. The lowest BCUT2D eigenvalue weighted by Crippen LogP contribution is -2.36. The Morgan fingerprint density at radius 2 is 2.00 bits per heavy atom. The molecule has 1 fully saturated rings.